The Bertz CT molecular complexity index is 987. The van der Waals surface area contributed by atoms with Gasteiger partial charge in [-0.2, -0.15) is 18.6 Å². The Morgan fingerprint density at radius 3 is 2.45 bits per heavy atom. The van der Waals surface area contributed by atoms with E-state index in [1.165, 1.54) is 30.5 Å². The maximum absolute atomic E-state index is 13.6. The standard InChI is InChI=1S/C20H22ClF2N5O3/c1-26-7-11-9-27(10-12(11)8-26)18(29)17(15-4-5-28(25-15)20(24)30)14-6-13(21)2-3-16(14)31-19(22)23/h2-6,11-12,17,19H,7-10H2,1H3,(H2,24,30)/t11-,12+,17?. The van der Waals surface area contributed by atoms with Crippen molar-refractivity contribution in [3.8, 4) is 5.75 Å². The van der Waals surface area contributed by atoms with Crippen molar-refractivity contribution in [3.05, 3.63) is 46.7 Å². The lowest BCUT2D eigenvalue weighted by Crippen LogP contribution is -2.36. The van der Waals surface area contributed by atoms with Crippen LogP contribution in [0.2, 0.25) is 5.02 Å². The molecule has 2 aliphatic rings. The molecule has 0 aliphatic carbocycles. The van der Waals surface area contributed by atoms with E-state index < -0.39 is 18.6 Å². The highest BCUT2D eigenvalue weighted by Gasteiger charge is 2.43. The van der Waals surface area contributed by atoms with Crippen molar-refractivity contribution in [2.75, 3.05) is 33.2 Å². The first-order valence-electron chi connectivity index (χ1n) is 9.80. The van der Waals surface area contributed by atoms with Gasteiger partial charge >= 0.3 is 12.6 Å². The van der Waals surface area contributed by atoms with Crippen LogP contribution in [0.1, 0.15) is 17.2 Å². The van der Waals surface area contributed by atoms with E-state index in [1.807, 2.05) is 7.05 Å². The molecular formula is C20H22ClF2N5O3. The van der Waals surface area contributed by atoms with E-state index in [4.69, 9.17) is 17.3 Å². The first-order chi connectivity index (χ1) is 14.7. The molecule has 1 unspecified atom stereocenters. The zero-order valence-corrected chi connectivity index (χ0v) is 17.5. The number of benzene rings is 1. The van der Waals surface area contributed by atoms with Gasteiger partial charge in [-0.15, -0.1) is 0 Å². The van der Waals surface area contributed by atoms with Crippen LogP contribution in [0, 0.1) is 11.8 Å². The number of carbonyl (C=O) groups excluding carboxylic acids is 2. The monoisotopic (exact) mass is 453 g/mol. The molecule has 2 aromatic rings. The number of alkyl halides is 2. The second-order valence-corrected chi connectivity index (χ2v) is 8.44. The van der Waals surface area contributed by atoms with Crippen LogP contribution in [-0.4, -0.2) is 71.4 Å². The van der Waals surface area contributed by atoms with Crippen LogP contribution >= 0.6 is 11.6 Å². The Morgan fingerprint density at radius 2 is 1.87 bits per heavy atom. The highest BCUT2D eigenvalue weighted by atomic mass is 35.5. The Labute approximate surface area is 182 Å². The normalized spacial score (nSPS) is 22.0. The summed E-state index contributed by atoms with van der Waals surface area (Å²) in [6.45, 7) is -0.169. The van der Waals surface area contributed by atoms with Crippen LogP contribution in [0.4, 0.5) is 13.6 Å². The molecule has 4 rings (SSSR count). The van der Waals surface area contributed by atoms with E-state index >= 15 is 0 Å². The second-order valence-electron chi connectivity index (χ2n) is 8.00. The number of hydrogen-bond donors (Lipinski definition) is 1. The molecule has 0 spiro atoms. The molecular weight excluding hydrogens is 432 g/mol. The highest BCUT2D eigenvalue weighted by molar-refractivity contribution is 6.30. The molecule has 3 atom stereocenters. The van der Waals surface area contributed by atoms with E-state index in [1.54, 1.807) is 4.90 Å². The number of primary amides is 1. The summed E-state index contributed by atoms with van der Waals surface area (Å²) in [5.41, 5.74) is 5.62. The Balaban J connectivity index is 1.73. The number of amides is 2. The average Bonchev–Trinajstić information content (AvgIpc) is 3.38. The summed E-state index contributed by atoms with van der Waals surface area (Å²) in [7, 11) is 2.05. The van der Waals surface area contributed by atoms with Crippen LogP contribution in [0.15, 0.2) is 30.5 Å². The van der Waals surface area contributed by atoms with Crippen LogP contribution in [0.3, 0.4) is 0 Å². The minimum absolute atomic E-state index is 0.154. The zero-order valence-electron chi connectivity index (χ0n) is 16.7. The number of fused-ring (bicyclic) bond motifs is 1. The van der Waals surface area contributed by atoms with Crippen molar-refractivity contribution in [2.45, 2.75) is 12.5 Å². The third kappa shape index (κ3) is 4.35. The fraction of sp³-hybridized carbons (Fsp3) is 0.450. The number of aromatic nitrogens is 2. The van der Waals surface area contributed by atoms with E-state index in [2.05, 4.69) is 14.7 Å². The van der Waals surface area contributed by atoms with Gasteiger partial charge in [-0.3, -0.25) is 4.79 Å². The van der Waals surface area contributed by atoms with E-state index in [0.29, 0.717) is 24.9 Å². The molecule has 2 saturated heterocycles. The molecule has 8 nitrogen and oxygen atoms in total. The number of carbonyl (C=O) groups is 2. The molecule has 166 valence electrons. The van der Waals surface area contributed by atoms with Gasteiger partial charge in [0.2, 0.25) is 5.91 Å². The van der Waals surface area contributed by atoms with Crippen LogP contribution < -0.4 is 10.5 Å². The Hall–Kier alpha value is -2.72. The van der Waals surface area contributed by atoms with E-state index in [9.17, 15) is 18.4 Å². The van der Waals surface area contributed by atoms with Gasteiger partial charge in [0.15, 0.2) is 0 Å². The third-order valence-electron chi connectivity index (χ3n) is 5.86. The molecule has 0 radical (unpaired) electrons. The third-order valence-corrected chi connectivity index (χ3v) is 6.09. The largest absolute Gasteiger partial charge is 0.435 e. The molecule has 1 aromatic heterocycles. The summed E-state index contributed by atoms with van der Waals surface area (Å²) in [5.74, 6) is -0.855. The Kier molecular flexibility index (Phi) is 5.85. The lowest BCUT2D eigenvalue weighted by molar-refractivity contribution is -0.131. The van der Waals surface area contributed by atoms with Gasteiger partial charge in [0.1, 0.15) is 11.7 Å². The molecule has 11 heteroatoms. The molecule has 3 heterocycles. The smallest absolute Gasteiger partial charge is 0.387 e. The fourth-order valence-corrected chi connectivity index (χ4v) is 4.75. The van der Waals surface area contributed by atoms with Crippen molar-refractivity contribution < 1.29 is 23.1 Å². The molecule has 2 fully saturated rings. The quantitative estimate of drug-likeness (QED) is 0.749. The number of nitrogens with two attached hydrogens (primary N) is 1. The summed E-state index contributed by atoms with van der Waals surface area (Å²) >= 11 is 6.13. The first kappa shape index (κ1) is 21.5. The lowest BCUT2D eigenvalue weighted by atomic mass is 9.93. The fourth-order valence-electron chi connectivity index (χ4n) is 4.57. The van der Waals surface area contributed by atoms with Gasteiger partial charge in [0, 0.05) is 43.0 Å². The predicted molar refractivity (Wildman–Crippen MR) is 108 cm³/mol. The number of nitrogens with zero attached hydrogens (tertiary/aromatic N) is 4. The molecule has 31 heavy (non-hydrogen) atoms. The summed E-state index contributed by atoms with van der Waals surface area (Å²) < 4.78 is 31.6. The van der Waals surface area contributed by atoms with E-state index in [0.717, 1.165) is 17.8 Å². The minimum Gasteiger partial charge on any atom is -0.435 e. The van der Waals surface area contributed by atoms with Gasteiger partial charge in [0.25, 0.3) is 0 Å². The number of ether oxygens (including phenoxy) is 1. The average molecular weight is 454 g/mol. The summed E-state index contributed by atoms with van der Waals surface area (Å²) in [5, 5.41) is 4.37. The van der Waals surface area contributed by atoms with Crippen LogP contribution in [0.5, 0.6) is 5.75 Å². The van der Waals surface area contributed by atoms with Crippen LogP contribution in [-0.2, 0) is 4.79 Å². The SMILES string of the molecule is CN1C[C@@H]2CN(C(=O)C(c3ccn(C(N)=O)n3)c3cc(Cl)ccc3OC(F)F)C[C@@H]2C1. The van der Waals surface area contributed by atoms with Crippen LogP contribution in [0.25, 0.3) is 0 Å². The van der Waals surface area contributed by atoms with Gasteiger partial charge in [-0.05, 0) is 43.1 Å². The molecule has 2 N–H and O–H groups in total. The first-order valence-corrected chi connectivity index (χ1v) is 10.2. The number of likely N-dealkylation sites (tertiary alicyclic amines) is 2. The number of rotatable bonds is 5. The second kappa shape index (κ2) is 8.43. The van der Waals surface area contributed by atoms with Gasteiger partial charge in [-0.1, -0.05) is 11.6 Å². The van der Waals surface area contributed by atoms with Gasteiger partial charge < -0.3 is 20.3 Å². The van der Waals surface area contributed by atoms with Crippen molar-refractivity contribution in [1.82, 2.24) is 19.6 Å². The van der Waals surface area contributed by atoms with Crippen molar-refractivity contribution in [3.63, 3.8) is 0 Å². The summed E-state index contributed by atoms with van der Waals surface area (Å²) in [6.07, 6.45) is 1.32. The lowest BCUT2D eigenvalue weighted by Gasteiger charge is -2.25. The number of halogens is 3. The van der Waals surface area contributed by atoms with Gasteiger partial charge in [0.05, 0.1) is 5.69 Å². The molecule has 1 aromatic carbocycles. The van der Waals surface area contributed by atoms with Crippen molar-refractivity contribution in [2.24, 2.45) is 17.6 Å². The van der Waals surface area contributed by atoms with E-state index in [-0.39, 0.29) is 27.9 Å². The molecule has 2 amide bonds. The van der Waals surface area contributed by atoms with Gasteiger partial charge in [-0.25, -0.2) is 4.79 Å². The highest BCUT2D eigenvalue weighted by Crippen LogP contribution is 2.38. The Morgan fingerprint density at radius 1 is 1.19 bits per heavy atom. The maximum atomic E-state index is 13.6. The molecule has 2 aliphatic heterocycles. The predicted octanol–water partition coefficient (Wildman–Crippen LogP) is 2.22. The van der Waals surface area contributed by atoms with Crippen molar-refractivity contribution in [1.29, 1.82) is 0 Å². The minimum atomic E-state index is -3.08. The molecule has 0 saturated carbocycles. The number of hydrogen-bond acceptors (Lipinski definition) is 5. The summed E-state index contributed by atoms with van der Waals surface area (Å²) in [4.78, 5) is 29.1. The summed E-state index contributed by atoms with van der Waals surface area (Å²) in [6, 6.07) is 4.75. The topological polar surface area (TPSA) is 93.7 Å². The maximum Gasteiger partial charge on any atom is 0.387 e. The zero-order chi connectivity index (χ0) is 22.3. The molecule has 0 bridgehead atoms. The van der Waals surface area contributed by atoms with Crippen molar-refractivity contribution >= 4 is 23.5 Å².